The number of anilines is 1. The highest BCUT2D eigenvalue weighted by Crippen LogP contribution is 2.21. The van der Waals surface area contributed by atoms with Gasteiger partial charge in [-0.05, 0) is 18.1 Å². The molecule has 3 heterocycles. The van der Waals surface area contributed by atoms with Gasteiger partial charge < -0.3 is 10.2 Å². The summed E-state index contributed by atoms with van der Waals surface area (Å²) in [5.74, 6) is 0.591. The number of carbonyl (C=O) groups is 2. The Morgan fingerprint density at radius 2 is 2.25 bits per heavy atom. The third-order valence-electron chi connectivity index (χ3n) is 3.84. The van der Waals surface area contributed by atoms with Gasteiger partial charge in [0.25, 0.3) is 0 Å². The molecule has 8 heteroatoms. The zero-order chi connectivity index (χ0) is 17.1. The van der Waals surface area contributed by atoms with E-state index in [1.807, 2.05) is 0 Å². The molecule has 0 aliphatic carbocycles. The smallest absolute Gasteiger partial charge is 0.229 e. The van der Waals surface area contributed by atoms with E-state index in [1.165, 1.54) is 11.0 Å². The van der Waals surface area contributed by atoms with E-state index in [4.69, 9.17) is 0 Å². The van der Waals surface area contributed by atoms with E-state index >= 15 is 0 Å². The van der Waals surface area contributed by atoms with E-state index in [0.29, 0.717) is 30.5 Å². The van der Waals surface area contributed by atoms with Gasteiger partial charge in [0.05, 0.1) is 17.8 Å². The second kappa shape index (κ2) is 6.77. The van der Waals surface area contributed by atoms with E-state index in [-0.39, 0.29) is 24.2 Å². The molecule has 0 spiro atoms. The average Bonchev–Trinajstić information content (AvgIpc) is 3.18. The highest BCUT2D eigenvalue weighted by atomic mass is 16.2. The van der Waals surface area contributed by atoms with Crippen molar-refractivity contribution in [1.82, 2.24) is 24.6 Å². The monoisotopic (exact) mass is 328 g/mol. The van der Waals surface area contributed by atoms with Gasteiger partial charge in [0, 0.05) is 19.5 Å². The quantitative estimate of drug-likeness (QED) is 0.887. The summed E-state index contributed by atoms with van der Waals surface area (Å²) in [6.45, 7) is 5.29. The predicted octanol–water partition coefficient (Wildman–Crippen LogP) is 1.11. The van der Waals surface area contributed by atoms with Crippen LogP contribution in [0.3, 0.4) is 0 Å². The van der Waals surface area contributed by atoms with Gasteiger partial charge in [-0.1, -0.05) is 13.8 Å². The van der Waals surface area contributed by atoms with Gasteiger partial charge in [-0.3, -0.25) is 9.59 Å². The third kappa shape index (κ3) is 3.58. The van der Waals surface area contributed by atoms with Crippen LogP contribution in [0.5, 0.6) is 0 Å². The molecule has 1 fully saturated rings. The standard InChI is InChI=1S/C16H20N6O2/c1-11(2)7-21-8-12(5-15(21)23)16(24)20-13-3-4-14(18-6-13)22-10-17-9-19-22/h3-4,6,9-12H,5,7-8H2,1-2H3,(H,20,24). The summed E-state index contributed by atoms with van der Waals surface area (Å²) in [6.07, 6.45) is 4.81. The molecule has 0 saturated carbocycles. The molecule has 1 aliphatic rings. The van der Waals surface area contributed by atoms with Crippen molar-refractivity contribution in [2.75, 3.05) is 18.4 Å². The summed E-state index contributed by atoms with van der Waals surface area (Å²) >= 11 is 0. The second-order valence-electron chi connectivity index (χ2n) is 6.33. The van der Waals surface area contributed by atoms with Crippen molar-refractivity contribution in [2.24, 2.45) is 11.8 Å². The minimum absolute atomic E-state index is 0.0449. The summed E-state index contributed by atoms with van der Waals surface area (Å²) in [6, 6.07) is 3.50. The largest absolute Gasteiger partial charge is 0.342 e. The van der Waals surface area contributed by atoms with Gasteiger partial charge in [0.2, 0.25) is 11.8 Å². The molecule has 24 heavy (non-hydrogen) atoms. The zero-order valence-electron chi connectivity index (χ0n) is 13.7. The number of hydrogen-bond donors (Lipinski definition) is 1. The molecule has 0 bridgehead atoms. The number of pyridine rings is 1. The lowest BCUT2D eigenvalue weighted by Gasteiger charge is -2.18. The number of nitrogens with one attached hydrogen (secondary N) is 1. The number of hydrogen-bond acceptors (Lipinski definition) is 5. The summed E-state index contributed by atoms with van der Waals surface area (Å²) in [4.78, 5) is 34.2. The molecule has 8 nitrogen and oxygen atoms in total. The molecule has 126 valence electrons. The van der Waals surface area contributed by atoms with E-state index in [9.17, 15) is 9.59 Å². The lowest BCUT2D eigenvalue weighted by atomic mass is 10.1. The maximum atomic E-state index is 12.4. The molecule has 0 aromatic carbocycles. The first-order valence-corrected chi connectivity index (χ1v) is 7.92. The minimum Gasteiger partial charge on any atom is -0.342 e. The van der Waals surface area contributed by atoms with Crippen LogP contribution in [0.15, 0.2) is 31.0 Å². The fourth-order valence-electron chi connectivity index (χ4n) is 2.73. The van der Waals surface area contributed by atoms with Crippen LogP contribution in [0.4, 0.5) is 5.69 Å². The van der Waals surface area contributed by atoms with Gasteiger partial charge in [0.15, 0.2) is 5.82 Å². The fourth-order valence-corrected chi connectivity index (χ4v) is 2.73. The van der Waals surface area contributed by atoms with E-state index < -0.39 is 0 Å². The molecule has 2 amide bonds. The van der Waals surface area contributed by atoms with Crippen LogP contribution < -0.4 is 5.32 Å². The Kier molecular flexibility index (Phi) is 4.54. The van der Waals surface area contributed by atoms with Crippen molar-refractivity contribution in [2.45, 2.75) is 20.3 Å². The third-order valence-corrected chi connectivity index (χ3v) is 3.84. The maximum absolute atomic E-state index is 12.4. The topological polar surface area (TPSA) is 93.0 Å². The number of carbonyl (C=O) groups excluding carboxylic acids is 2. The van der Waals surface area contributed by atoms with Crippen LogP contribution in [0.1, 0.15) is 20.3 Å². The number of likely N-dealkylation sites (tertiary alicyclic amines) is 1. The Labute approximate surface area is 139 Å². The van der Waals surface area contributed by atoms with Crippen LogP contribution >= 0.6 is 0 Å². The summed E-state index contributed by atoms with van der Waals surface area (Å²) < 4.78 is 1.53. The zero-order valence-corrected chi connectivity index (χ0v) is 13.7. The maximum Gasteiger partial charge on any atom is 0.229 e. The van der Waals surface area contributed by atoms with E-state index in [2.05, 4.69) is 34.2 Å². The Morgan fingerprint density at radius 3 is 2.88 bits per heavy atom. The van der Waals surface area contributed by atoms with Gasteiger partial charge >= 0.3 is 0 Å². The van der Waals surface area contributed by atoms with Gasteiger partial charge in [-0.25, -0.2) is 14.6 Å². The summed E-state index contributed by atoms with van der Waals surface area (Å²) in [5.41, 5.74) is 0.596. The van der Waals surface area contributed by atoms with Crippen LogP contribution in [0.25, 0.3) is 5.82 Å². The average molecular weight is 328 g/mol. The highest BCUT2D eigenvalue weighted by molar-refractivity contribution is 5.97. The molecule has 2 aromatic rings. The Balaban J connectivity index is 1.60. The normalized spacial score (nSPS) is 17.5. The molecule has 1 unspecified atom stereocenters. The molecule has 1 atom stereocenters. The lowest BCUT2D eigenvalue weighted by Crippen LogP contribution is -2.31. The summed E-state index contributed by atoms with van der Waals surface area (Å²) in [5, 5.41) is 6.82. The molecule has 1 N–H and O–H groups in total. The fraction of sp³-hybridized carbons (Fsp3) is 0.438. The summed E-state index contributed by atoms with van der Waals surface area (Å²) in [7, 11) is 0. The molecular formula is C16H20N6O2. The van der Waals surface area contributed by atoms with Crippen molar-refractivity contribution >= 4 is 17.5 Å². The first kappa shape index (κ1) is 16.1. The molecule has 0 radical (unpaired) electrons. The SMILES string of the molecule is CC(C)CN1CC(C(=O)Nc2ccc(-n3cncn3)nc2)CC1=O. The van der Waals surface area contributed by atoms with Crippen LogP contribution in [0, 0.1) is 11.8 Å². The molecule has 3 rings (SSSR count). The van der Waals surface area contributed by atoms with Crippen molar-refractivity contribution in [3.63, 3.8) is 0 Å². The number of amides is 2. The number of rotatable bonds is 5. The molecular weight excluding hydrogens is 308 g/mol. The van der Waals surface area contributed by atoms with Gasteiger partial charge in [0.1, 0.15) is 12.7 Å². The van der Waals surface area contributed by atoms with Crippen molar-refractivity contribution in [3.8, 4) is 5.82 Å². The minimum atomic E-state index is -0.314. The van der Waals surface area contributed by atoms with Crippen LogP contribution in [0.2, 0.25) is 0 Å². The second-order valence-corrected chi connectivity index (χ2v) is 6.33. The highest BCUT2D eigenvalue weighted by Gasteiger charge is 2.34. The van der Waals surface area contributed by atoms with E-state index in [1.54, 1.807) is 29.6 Å². The Bertz CT molecular complexity index is 711. The number of aromatic nitrogens is 4. The van der Waals surface area contributed by atoms with Crippen molar-refractivity contribution in [3.05, 3.63) is 31.0 Å². The van der Waals surface area contributed by atoms with Gasteiger partial charge in [-0.15, -0.1) is 0 Å². The predicted molar refractivity (Wildman–Crippen MR) is 87.3 cm³/mol. The molecule has 1 saturated heterocycles. The Morgan fingerprint density at radius 1 is 1.42 bits per heavy atom. The molecule has 1 aliphatic heterocycles. The number of nitrogens with zero attached hydrogens (tertiary/aromatic N) is 5. The van der Waals surface area contributed by atoms with Crippen molar-refractivity contribution < 1.29 is 9.59 Å². The van der Waals surface area contributed by atoms with Crippen LogP contribution in [-0.2, 0) is 9.59 Å². The van der Waals surface area contributed by atoms with Gasteiger partial charge in [-0.2, -0.15) is 5.10 Å². The van der Waals surface area contributed by atoms with Crippen LogP contribution in [-0.4, -0.2) is 49.6 Å². The van der Waals surface area contributed by atoms with Crippen molar-refractivity contribution in [1.29, 1.82) is 0 Å². The van der Waals surface area contributed by atoms with E-state index in [0.717, 1.165) is 0 Å². The lowest BCUT2D eigenvalue weighted by molar-refractivity contribution is -0.128. The Hall–Kier alpha value is -2.77. The first-order valence-electron chi connectivity index (χ1n) is 7.92. The molecule has 2 aromatic heterocycles. The first-order chi connectivity index (χ1) is 11.5.